The summed E-state index contributed by atoms with van der Waals surface area (Å²) in [6.07, 6.45) is 1.73. The van der Waals surface area contributed by atoms with Crippen molar-refractivity contribution in [3.05, 3.63) is 17.5 Å². The van der Waals surface area contributed by atoms with Crippen molar-refractivity contribution in [3.63, 3.8) is 0 Å². The van der Waals surface area contributed by atoms with Crippen molar-refractivity contribution >= 4 is 5.69 Å². The van der Waals surface area contributed by atoms with Crippen molar-refractivity contribution in [1.82, 2.24) is 10.3 Å². The second-order valence-electron chi connectivity index (χ2n) is 2.45. The van der Waals surface area contributed by atoms with Crippen LogP contribution in [0, 0.1) is 11.3 Å². The van der Waals surface area contributed by atoms with E-state index >= 15 is 0 Å². The van der Waals surface area contributed by atoms with E-state index in [0.29, 0.717) is 5.56 Å². The molecule has 0 aromatic carbocycles. The van der Waals surface area contributed by atoms with Gasteiger partial charge in [0.15, 0.2) is 0 Å². The van der Waals surface area contributed by atoms with E-state index in [-0.39, 0.29) is 0 Å². The van der Waals surface area contributed by atoms with E-state index in [1.807, 2.05) is 0 Å². The van der Waals surface area contributed by atoms with Crippen LogP contribution in [0.2, 0.25) is 0 Å². The van der Waals surface area contributed by atoms with Gasteiger partial charge in [-0.1, -0.05) is 0 Å². The first-order valence-corrected chi connectivity index (χ1v) is 3.47. The van der Waals surface area contributed by atoms with Gasteiger partial charge in [0.1, 0.15) is 6.07 Å². The molecule has 0 fully saturated rings. The van der Waals surface area contributed by atoms with Crippen LogP contribution < -0.4 is 10.6 Å². The molecular weight excluding hydrogens is 140 g/mol. The minimum Gasteiger partial charge on any atom is -0.370 e. The van der Waals surface area contributed by atoms with Crippen LogP contribution in [0.3, 0.4) is 0 Å². The summed E-state index contributed by atoms with van der Waals surface area (Å²) in [4.78, 5) is 3.03. The van der Waals surface area contributed by atoms with E-state index in [0.717, 1.165) is 24.6 Å². The second kappa shape index (κ2) is 2.29. The Kier molecular flexibility index (Phi) is 1.30. The van der Waals surface area contributed by atoms with Gasteiger partial charge < -0.3 is 10.3 Å². The zero-order valence-electron chi connectivity index (χ0n) is 5.94. The Hall–Kier alpha value is -1.47. The highest BCUT2D eigenvalue weighted by Gasteiger charge is 2.12. The number of aromatic nitrogens is 1. The van der Waals surface area contributed by atoms with Crippen LogP contribution in [-0.2, 0) is 6.54 Å². The highest BCUT2D eigenvalue weighted by molar-refractivity contribution is 5.61. The van der Waals surface area contributed by atoms with Crippen LogP contribution in [0.5, 0.6) is 0 Å². The molecule has 0 saturated carbocycles. The first kappa shape index (κ1) is 6.25. The number of hydrogen-bond donors (Lipinski definition) is 3. The minimum absolute atomic E-state index is 0.696. The Bertz CT molecular complexity index is 307. The number of aromatic amines is 1. The molecule has 56 valence electrons. The third-order valence-corrected chi connectivity index (χ3v) is 1.77. The van der Waals surface area contributed by atoms with Gasteiger partial charge in [0.2, 0.25) is 0 Å². The van der Waals surface area contributed by atoms with Gasteiger partial charge in [0, 0.05) is 12.7 Å². The van der Waals surface area contributed by atoms with Crippen molar-refractivity contribution in [2.24, 2.45) is 0 Å². The summed E-state index contributed by atoms with van der Waals surface area (Å²) < 4.78 is 0. The second-order valence-corrected chi connectivity index (χ2v) is 2.45. The number of nitrogens with zero attached hydrogens (tertiary/aromatic N) is 1. The van der Waals surface area contributed by atoms with E-state index in [2.05, 4.69) is 21.7 Å². The lowest BCUT2D eigenvalue weighted by atomic mass is 10.2. The number of H-pyrrole nitrogens is 1. The predicted octanol–water partition coefficient (Wildman–Crippen LogP) is 0.359. The molecule has 11 heavy (non-hydrogen) atoms. The molecule has 0 unspecified atom stereocenters. The molecule has 0 radical (unpaired) electrons. The van der Waals surface area contributed by atoms with Crippen LogP contribution in [0.4, 0.5) is 5.69 Å². The molecule has 0 spiro atoms. The molecule has 2 heterocycles. The molecule has 1 aromatic rings. The van der Waals surface area contributed by atoms with Gasteiger partial charge in [-0.15, -0.1) is 0 Å². The first-order valence-electron chi connectivity index (χ1n) is 3.47. The lowest BCUT2D eigenvalue weighted by Gasteiger charge is -2.14. The topological polar surface area (TPSA) is 63.6 Å². The molecule has 4 heteroatoms. The maximum absolute atomic E-state index is 8.65. The van der Waals surface area contributed by atoms with Crippen molar-refractivity contribution in [2.75, 3.05) is 12.0 Å². The molecule has 3 N–H and O–H groups in total. The summed E-state index contributed by atoms with van der Waals surface area (Å²) in [6.45, 7) is 1.55. The van der Waals surface area contributed by atoms with Gasteiger partial charge in [-0.25, -0.2) is 0 Å². The summed E-state index contributed by atoms with van der Waals surface area (Å²) in [5, 5.41) is 14.9. The highest BCUT2D eigenvalue weighted by Crippen LogP contribution is 2.21. The van der Waals surface area contributed by atoms with E-state index in [4.69, 9.17) is 5.26 Å². The normalized spacial score (nSPS) is 14.8. The molecule has 1 aliphatic heterocycles. The van der Waals surface area contributed by atoms with Crippen molar-refractivity contribution in [1.29, 1.82) is 5.26 Å². The molecule has 1 aliphatic rings. The monoisotopic (exact) mass is 148 g/mol. The van der Waals surface area contributed by atoms with Gasteiger partial charge in [0.05, 0.1) is 23.6 Å². The van der Waals surface area contributed by atoms with Crippen LogP contribution in [0.25, 0.3) is 0 Å². The standard InChI is InChI=1S/C7H8N4/c8-1-5-2-10-6-3-9-4-11-7(5)6/h2,9-11H,3-4H2. The highest BCUT2D eigenvalue weighted by atomic mass is 15.1. The lowest BCUT2D eigenvalue weighted by Crippen LogP contribution is -2.27. The lowest BCUT2D eigenvalue weighted by molar-refractivity contribution is 0.697. The van der Waals surface area contributed by atoms with Crippen LogP contribution in [-0.4, -0.2) is 11.7 Å². The molecule has 4 nitrogen and oxygen atoms in total. The predicted molar refractivity (Wildman–Crippen MR) is 40.8 cm³/mol. The molecule has 0 atom stereocenters. The SMILES string of the molecule is N#Cc1c[nH]c2c1NCNC2. The Morgan fingerprint density at radius 2 is 2.45 bits per heavy atom. The largest absolute Gasteiger partial charge is 0.370 e. The number of nitrogens with one attached hydrogen (secondary N) is 3. The number of rotatable bonds is 0. The van der Waals surface area contributed by atoms with Gasteiger partial charge in [-0.2, -0.15) is 5.26 Å². The van der Waals surface area contributed by atoms with E-state index in [9.17, 15) is 0 Å². The molecular formula is C7H8N4. The van der Waals surface area contributed by atoms with Crippen molar-refractivity contribution < 1.29 is 0 Å². The van der Waals surface area contributed by atoms with E-state index in [1.165, 1.54) is 0 Å². The Balaban J connectivity index is 2.48. The fourth-order valence-corrected chi connectivity index (χ4v) is 1.23. The quantitative estimate of drug-likeness (QED) is 0.497. The number of anilines is 1. The summed E-state index contributed by atoms with van der Waals surface area (Å²) in [6, 6.07) is 2.11. The van der Waals surface area contributed by atoms with Crippen LogP contribution in [0.15, 0.2) is 6.20 Å². The van der Waals surface area contributed by atoms with Gasteiger partial charge in [-0.3, -0.25) is 5.32 Å². The van der Waals surface area contributed by atoms with E-state index in [1.54, 1.807) is 6.20 Å². The smallest absolute Gasteiger partial charge is 0.103 e. The zero-order chi connectivity index (χ0) is 7.68. The van der Waals surface area contributed by atoms with Gasteiger partial charge in [0.25, 0.3) is 0 Å². The van der Waals surface area contributed by atoms with Gasteiger partial charge >= 0.3 is 0 Å². The third-order valence-electron chi connectivity index (χ3n) is 1.77. The van der Waals surface area contributed by atoms with Crippen LogP contribution >= 0.6 is 0 Å². The van der Waals surface area contributed by atoms with Crippen molar-refractivity contribution in [3.8, 4) is 6.07 Å². The third kappa shape index (κ3) is 0.863. The molecule has 0 aliphatic carbocycles. The Morgan fingerprint density at radius 3 is 3.27 bits per heavy atom. The average Bonchev–Trinajstić information content (AvgIpc) is 2.47. The fourth-order valence-electron chi connectivity index (χ4n) is 1.23. The summed E-state index contributed by atoms with van der Waals surface area (Å²) >= 11 is 0. The molecule has 0 amide bonds. The molecule has 2 rings (SSSR count). The minimum atomic E-state index is 0.696. The average molecular weight is 148 g/mol. The number of nitriles is 1. The maximum atomic E-state index is 8.65. The summed E-state index contributed by atoms with van der Waals surface area (Å²) in [5.74, 6) is 0. The molecule has 0 bridgehead atoms. The number of fused-ring (bicyclic) bond motifs is 1. The molecule has 1 aromatic heterocycles. The van der Waals surface area contributed by atoms with Gasteiger partial charge in [-0.05, 0) is 0 Å². The number of hydrogen-bond acceptors (Lipinski definition) is 3. The maximum Gasteiger partial charge on any atom is 0.103 e. The van der Waals surface area contributed by atoms with E-state index < -0.39 is 0 Å². The summed E-state index contributed by atoms with van der Waals surface area (Å²) in [5.41, 5.74) is 2.71. The Morgan fingerprint density at radius 1 is 1.55 bits per heavy atom. The molecule has 0 saturated heterocycles. The summed E-state index contributed by atoms with van der Waals surface area (Å²) in [7, 11) is 0. The first-order chi connectivity index (χ1) is 5.42. The zero-order valence-corrected chi connectivity index (χ0v) is 5.94. The van der Waals surface area contributed by atoms with Crippen LogP contribution in [0.1, 0.15) is 11.3 Å². The van der Waals surface area contributed by atoms with Crippen molar-refractivity contribution in [2.45, 2.75) is 6.54 Å². The Labute approximate surface area is 64.2 Å². The fraction of sp³-hybridized carbons (Fsp3) is 0.286.